The molecule has 0 aromatic carbocycles. The van der Waals surface area contributed by atoms with E-state index in [2.05, 4.69) is 4.52 Å². The fourth-order valence-electron chi connectivity index (χ4n) is 0.598. The van der Waals surface area contributed by atoms with Gasteiger partial charge in [-0.05, 0) is 6.92 Å². The topological polar surface area (TPSA) is 66.8 Å². The van der Waals surface area contributed by atoms with Gasteiger partial charge in [-0.3, -0.25) is 4.52 Å². The van der Waals surface area contributed by atoms with E-state index in [1.165, 1.54) is 6.92 Å². The summed E-state index contributed by atoms with van der Waals surface area (Å²) < 4.78 is 12.9. The van der Waals surface area contributed by atoms with Crippen LogP contribution in [0.15, 0.2) is 0 Å². The van der Waals surface area contributed by atoms with Crippen LogP contribution < -0.4 is 0 Å². The number of hydrogen-bond donors (Lipinski definition) is 2. The molecule has 8 heteroatoms. The van der Waals surface area contributed by atoms with Crippen molar-refractivity contribution in [1.82, 2.24) is 0 Å². The summed E-state index contributed by atoms with van der Waals surface area (Å²) in [6, 6.07) is 0. The van der Waals surface area contributed by atoms with Gasteiger partial charge in [-0.15, -0.1) is 0 Å². The third-order valence-electron chi connectivity index (χ3n) is 0.836. The largest absolute Gasteiger partial charge is 0.469 e. The predicted octanol–water partition coefficient (Wildman–Crippen LogP) is 2.24. The second-order valence-corrected chi connectivity index (χ2v) is 5.93. The molecule has 1 unspecified atom stereocenters. The molecule has 2 N–H and O–H groups in total. The van der Waals surface area contributed by atoms with E-state index in [1.807, 2.05) is 0 Å². The maximum Gasteiger partial charge on any atom is 0.469 e. The van der Waals surface area contributed by atoms with E-state index in [1.54, 1.807) is 0 Å². The van der Waals surface area contributed by atoms with Crippen LogP contribution in [0.5, 0.6) is 0 Å². The highest BCUT2D eigenvalue weighted by atomic mass is 35.6. The van der Waals surface area contributed by atoms with Crippen LogP contribution in [0.25, 0.3) is 0 Å². The van der Waals surface area contributed by atoms with Crippen molar-refractivity contribution in [2.75, 3.05) is 0 Å². The van der Waals surface area contributed by atoms with Gasteiger partial charge in [0.2, 0.25) is 0 Å². The van der Waals surface area contributed by atoms with E-state index < -0.39 is 17.7 Å². The summed E-state index contributed by atoms with van der Waals surface area (Å²) >= 11 is 16.1. The molecule has 0 saturated carbocycles. The van der Waals surface area contributed by atoms with Gasteiger partial charge in [0.15, 0.2) is 3.79 Å². The first kappa shape index (κ1) is 13.0. The van der Waals surface area contributed by atoms with Gasteiger partial charge in [-0.2, -0.15) is 0 Å². The third kappa shape index (κ3) is 9.07. The minimum absolute atomic E-state index is 0.0806. The molecule has 1 atom stereocenters. The number of phosphoric acid groups is 1. The van der Waals surface area contributed by atoms with Gasteiger partial charge in [-0.25, -0.2) is 4.57 Å². The summed E-state index contributed by atoms with van der Waals surface area (Å²) in [6.45, 7) is 1.40. The second kappa shape index (κ2) is 4.47. The normalized spacial score (nSPS) is 16.2. The van der Waals surface area contributed by atoms with E-state index in [4.69, 9.17) is 44.6 Å². The average molecular weight is 257 g/mol. The molecule has 0 aliphatic carbocycles. The molecular weight excluding hydrogens is 249 g/mol. The van der Waals surface area contributed by atoms with Crippen LogP contribution in [0.1, 0.15) is 13.3 Å². The zero-order chi connectivity index (χ0) is 9.99. The number of halogens is 3. The van der Waals surface area contributed by atoms with E-state index in [0.717, 1.165) is 0 Å². The highest BCUT2D eigenvalue weighted by Crippen LogP contribution is 2.41. The standard InChI is InChI=1S/C4H8Cl3O4P/c1-3(2-4(5,6)7)11-12(8,9)10/h3H,2H2,1H3,(H2,8,9,10). The van der Waals surface area contributed by atoms with Crippen LogP contribution in [0.4, 0.5) is 0 Å². The Morgan fingerprint density at radius 2 is 1.92 bits per heavy atom. The lowest BCUT2D eigenvalue weighted by Gasteiger charge is -2.17. The Kier molecular flexibility index (Phi) is 4.83. The van der Waals surface area contributed by atoms with Crippen molar-refractivity contribution in [3.8, 4) is 0 Å². The lowest BCUT2D eigenvalue weighted by atomic mass is 10.3. The molecule has 0 aliphatic rings. The minimum Gasteiger partial charge on any atom is -0.303 e. The molecule has 0 rings (SSSR count). The van der Waals surface area contributed by atoms with Gasteiger partial charge >= 0.3 is 7.82 Å². The van der Waals surface area contributed by atoms with Crippen molar-refractivity contribution in [2.24, 2.45) is 0 Å². The molecule has 0 aliphatic heterocycles. The Morgan fingerprint density at radius 3 is 2.17 bits per heavy atom. The first-order chi connectivity index (χ1) is 5.10. The quantitative estimate of drug-likeness (QED) is 0.601. The minimum atomic E-state index is -4.48. The molecule has 0 saturated heterocycles. The molecule has 0 fully saturated rings. The van der Waals surface area contributed by atoms with Crippen molar-refractivity contribution >= 4 is 42.6 Å². The molecule has 0 radical (unpaired) electrons. The molecule has 74 valence electrons. The van der Waals surface area contributed by atoms with E-state index >= 15 is 0 Å². The maximum absolute atomic E-state index is 10.3. The second-order valence-electron chi connectivity index (χ2n) is 2.23. The predicted molar refractivity (Wildman–Crippen MR) is 47.5 cm³/mol. The van der Waals surface area contributed by atoms with Crippen LogP contribution >= 0.6 is 42.6 Å². The highest BCUT2D eigenvalue weighted by Gasteiger charge is 2.27. The van der Waals surface area contributed by atoms with Gasteiger partial charge in [0.25, 0.3) is 0 Å². The van der Waals surface area contributed by atoms with Crippen molar-refractivity contribution in [3.63, 3.8) is 0 Å². The number of alkyl halides is 3. The average Bonchev–Trinajstić information content (AvgIpc) is 1.49. The lowest BCUT2D eigenvalue weighted by Crippen LogP contribution is -2.15. The van der Waals surface area contributed by atoms with Crippen LogP contribution in [-0.4, -0.2) is 19.7 Å². The summed E-state index contributed by atoms with van der Waals surface area (Å²) in [5, 5.41) is 0. The van der Waals surface area contributed by atoms with E-state index in [-0.39, 0.29) is 6.42 Å². The zero-order valence-corrected chi connectivity index (χ0v) is 9.24. The molecule has 0 heterocycles. The molecule has 0 aromatic heterocycles. The fourth-order valence-corrected chi connectivity index (χ4v) is 1.79. The summed E-state index contributed by atoms with van der Waals surface area (Å²) in [5.74, 6) is 0. The summed E-state index contributed by atoms with van der Waals surface area (Å²) in [5.41, 5.74) is 0. The Hall–Kier alpha value is 0.980. The molecule has 4 nitrogen and oxygen atoms in total. The third-order valence-corrected chi connectivity index (χ3v) is 1.93. The van der Waals surface area contributed by atoms with Crippen LogP contribution in [0.2, 0.25) is 0 Å². The van der Waals surface area contributed by atoms with Gasteiger partial charge in [-0.1, -0.05) is 34.8 Å². The summed E-state index contributed by atoms with van der Waals surface area (Å²) in [4.78, 5) is 16.7. The highest BCUT2D eigenvalue weighted by molar-refractivity contribution is 7.46. The Bertz CT molecular complexity index is 185. The van der Waals surface area contributed by atoms with Crippen LogP contribution in [-0.2, 0) is 9.09 Å². The van der Waals surface area contributed by atoms with Gasteiger partial charge in [0.05, 0.1) is 6.10 Å². The first-order valence-corrected chi connectivity index (χ1v) is 5.57. The zero-order valence-electron chi connectivity index (χ0n) is 6.08. The number of rotatable bonds is 3. The SMILES string of the molecule is CC(CC(Cl)(Cl)Cl)OP(=O)(O)O. The molecular formula is C4H8Cl3O4P. The number of hydrogen-bond acceptors (Lipinski definition) is 2. The van der Waals surface area contributed by atoms with Crippen molar-refractivity contribution in [1.29, 1.82) is 0 Å². The smallest absolute Gasteiger partial charge is 0.303 e. The Labute approximate surface area is 85.0 Å². The summed E-state index contributed by atoms with van der Waals surface area (Å²) in [6.07, 6.45) is -0.888. The van der Waals surface area contributed by atoms with E-state index in [9.17, 15) is 4.57 Å². The van der Waals surface area contributed by atoms with Crippen LogP contribution in [0, 0.1) is 0 Å². The van der Waals surface area contributed by atoms with Crippen molar-refractivity contribution in [2.45, 2.75) is 23.2 Å². The first-order valence-electron chi connectivity index (χ1n) is 2.91. The van der Waals surface area contributed by atoms with Gasteiger partial charge in [0.1, 0.15) is 0 Å². The van der Waals surface area contributed by atoms with Gasteiger partial charge in [0, 0.05) is 6.42 Å². The van der Waals surface area contributed by atoms with E-state index in [0.29, 0.717) is 0 Å². The van der Waals surface area contributed by atoms with Crippen molar-refractivity contribution in [3.05, 3.63) is 0 Å². The molecule has 0 spiro atoms. The fraction of sp³-hybridized carbons (Fsp3) is 1.00. The van der Waals surface area contributed by atoms with Gasteiger partial charge < -0.3 is 9.79 Å². The number of phosphoric ester groups is 1. The monoisotopic (exact) mass is 256 g/mol. The lowest BCUT2D eigenvalue weighted by molar-refractivity contribution is 0.139. The molecule has 0 amide bonds. The maximum atomic E-state index is 10.3. The van der Waals surface area contributed by atoms with Crippen molar-refractivity contribution < 1.29 is 18.9 Å². The molecule has 0 aromatic rings. The molecule has 12 heavy (non-hydrogen) atoms. The summed E-state index contributed by atoms with van der Waals surface area (Å²) in [7, 11) is -4.48. The molecule has 0 bridgehead atoms. The van der Waals surface area contributed by atoms with Crippen LogP contribution in [0.3, 0.4) is 0 Å². The Balaban J connectivity index is 3.91. The Morgan fingerprint density at radius 1 is 1.50 bits per heavy atom.